The van der Waals surface area contributed by atoms with Crippen molar-refractivity contribution in [1.29, 1.82) is 0 Å². The lowest BCUT2D eigenvalue weighted by atomic mass is 10.0. The first-order valence-corrected chi connectivity index (χ1v) is 14.0. The third-order valence-corrected chi connectivity index (χ3v) is 6.94. The summed E-state index contributed by atoms with van der Waals surface area (Å²) in [6.07, 6.45) is 1.02. The van der Waals surface area contributed by atoms with Crippen LogP contribution in [0.25, 0.3) is 0 Å². The van der Waals surface area contributed by atoms with Crippen molar-refractivity contribution in [2.75, 3.05) is 19.6 Å². The molecule has 4 aromatic carbocycles. The number of carbonyl (C=O) groups excluding carboxylic acids is 3. The van der Waals surface area contributed by atoms with Crippen LogP contribution in [0, 0.1) is 0 Å². The van der Waals surface area contributed by atoms with Crippen LogP contribution in [0.3, 0.4) is 0 Å². The molecule has 0 aliphatic heterocycles. The molecular formula is C33H33N3O9. The number of amides is 3. The van der Waals surface area contributed by atoms with E-state index in [0.717, 1.165) is 0 Å². The number of rotatable bonds is 12. The van der Waals surface area contributed by atoms with Crippen molar-refractivity contribution in [3.63, 3.8) is 0 Å². The highest BCUT2D eigenvalue weighted by Gasteiger charge is 2.17. The zero-order valence-corrected chi connectivity index (χ0v) is 24.1. The van der Waals surface area contributed by atoms with Crippen LogP contribution in [0.1, 0.15) is 47.8 Å². The molecule has 0 radical (unpaired) electrons. The van der Waals surface area contributed by atoms with Gasteiger partial charge in [-0.1, -0.05) is 18.2 Å². The molecule has 0 heterocycles. The topological polar surface area (TPSA) is 209 Å². The van der Waals surface area contributed by atoms with Crippen molar-refractivity contribution < 1.29 is 45.0 Å². The Morgan fingerprint density at radius 1 is 0.400 bits per heavy atom. The molecular weight excluding hydrogens is 582 g/mol. The van der Waals surface area contributed by atoms with Gasteiger partial charge in [-0.3, -0.25) is 14.4 Å². The van der Waals surface area contributed by atoms with E-state index in [9.17, 15) is 45.0 Å². The van der Waals surface area contributed by atoms with Crippen molar-refractivity contribution in [3.05, 3.63) is 106 Å². The van der Waals surface area contributed by atoms with Gasteiger partial charge in [0.2, 0.25) is 0 Å². The highest BCUT2D eigenvalue weighted by Crippen LogP contribution is 2.26. The van der Waals surface area contributed by atoms with Crippen LogP contribution in [0.5, 0.6) is 34.5 Å². The molecule has 3 amide bonds. The fourth-order valence-corrected chi connectivity index (χ4v) is 4.46. The van der Waals surface area contributed by atoms with E-state index in [0.29, 0.717) is 36.0 Å². The molecule has 4 rings (SSSR count). The Bertz CT molecular complexity index is 1510. The third-order valence-electron chi connectivity index (χ3n) is 6.94. The first-order chi connectivity index (χ1) is 21.5. The molecule has 0 saturated carbocycles. The quantitative estimate of drug-likeness (QED) is 0.107. The van der Waals surface area contributed by atoms with Crippen molar-refractivity contribution >= 4 is 17.7 Å². The number of phenolic OH excluding ortho intramolecular Hbond substituents is 6. The van der Waals surface area contributed by atoms with E-state index in [-0.39, 0.29) is 70.8 Å². The predicted octanol–water partition coefficient (Wildman–Crippen LogP) is 2.84. The van der Waals surface area contributed by atoms with Gasteiger partial charge in [0.25, 0.3) is 17.7 Å². The van der Waals surface area contributed by atoms with E-state index in [4.69, 9.17) is 0 Å². The monoisotopic (exact) mass is 615 g/mol. The number of phenols is 6. The van der Waals surface area contributed by atoms with E-state index in [1.165, 1.54) is 54.6 Å². The summed E-state index contributed by atoms with van der Waals surface area (Å²) in [5, 5.41) is 65.7. The van der Waals surface area contributed by atoms with E-state index in [1.54, 1.807) is 18.2 Å². The van der Waals surface area contributed by atoms with Crippen molar-refractivity contribution in [2.24, 2.45) is 0 Å². The molecule has 0 aliphatic rings. The Labute approximate surface area is 258 Å². The molecule has 0 atom stereocenters. The molecule has 0 unspecified atom stereocenters. The second-order valence-electron chi connectivity index (χ2n) is 10.3. The number of nitrogens with one attached hydrogen (secondary N) is 3. The number of carbonyl (C=O) groups is 3. The lowest BCUT2D eigenvalue weighted by Gasteiger charge is -2.12. The van der Waals surface area contributed by atoms with Crippen LogP contribution in [0.2, 0.25) is 0 Å². The maximum Gasteiger partial charge on any atom is 0.251 e. The standard InChI is InChI=1S/C33H33N3O9/c37-25-4-1-19(13-28(25)40)7-10-34-31(43)22-16-23(32(44)35-11-8-20-2-5-26(38)29(41)14-20)18-24(17-22)33(45)36-12-9-21-3-6-27(39)30(42)15-21/h1-6,13-18,37-42H,7-12H2,(H,34,43)(H,35,44)(H,36,45). The SMILES string of the molecule is O=C(NCCc1ccc(O)c(O)c1)c1cc(C(=O)NCCc2ccc(O)c(O)c2)cc(C(=O)NCCc2ccc(O)c(O)c2)c1. The Kier molecular flexibility index (Phi) is 10.3. The highest BCUT2D eigenvalue weighted by atomic mass is 16.3. The minimum atomic E-state index is -0.541. The molecule has 0 saturated heterocycles. The predicted molar refractivity (Wildman–Crippen MR) is 164 cm³/mol. The summed E-state index contributed by atoms with van der Waals surface area (Å²) in [4.78, 5) is 39.2. The van der Waals surface area contributed by atoms with Crippen LogP contribution >= 0.6 is 0 Å². The van der Waals surface area contributed by atoms with Gasteiger partial charge in [-0.2, -0.15) is 0 Å². The summed E-state index contributed by atoms with van der Waals surface area (Å²) in [6, 6.07) is 17.1. The van der Waals surface area contributed by atoms with Crippen LogP contribution in [0.4, 0.5) is 0 Å². The van der Waals surface area contributed by atoms with Gasteiger partial charge in [0.15, 0.2) is 34.5 Å². The molecule has 0 fully saturated rings. The fourth-order valence-electron chi connectivity index (χ4n) is 4.46. The van der Waals surface area contributed by atoms with Crippen molar-refractivity contribution in [3.8, 4) is 34.5 Å². The summed E-state index contributed by atoms with van der Waals surface area (Å²) in [7, 11) is 0. The smallest absolute Gasteiger partial charge is 0.251 e. The van der Waals surface area contributed by atoms with Gasteiger partial charge < -0.3 is 46.6 Å². The Morgan fingerprint density at radius 2 is 0.667 bits per heavy atom. The Hall–Kier alpha value is -5.91. The molecule has 45 heavy (non-hydrogen) atoms. The van der Waals surface area contributed by atoms with Gasteiger partial charge in [-0.25, -0.2) is 0 Å². The minimum Gasteiger partial charge on any atom is -0.504 e. The van der Waals surface area contributed by atoms with Gasteiger partial charge in [-0.05, 0) is 90.6 Å². The Morgan fingerprint density at radius 3 is 0.911 bits per heavy atom. The van der Waals surface area contributed by atoms with Gasteiger partial charge >= 0.3 is 0 Å². The molecule has 12 heteroatoms. The van der Waals surface area contributed by atoms with E-state index in [2.05, 4.69) is 16.0 Å². The second kappa shape index (κ2) is 14.5. The molecule has 0 spiro atoms. The minimum absolute atomic E-state index is 0.0632. The van der Waals surface area contributed by atoms with Crippen LogP contribution < -0.4 is 16.0 Å². The lowest BCUT2D eigenvalue weighted by Crippen LogP contribution is -2.30. The maximum atomic E-state index is 13.1. The van der Waals surface area contributed by atoms with Crippen LogP contribution in [-0.2, 0) is 19.3 Å². The van der Waals surface area contributed by atoms with Crippen LogP contribution in [-0.4, -0.2) is 68.0 Å². The van der Waals surface area contributed by atoms with Gasteiger partial charge in [0.05, 0.1) is 0 Å². The van der Waals surface area contributed by atoms with Crippen LogP contribution in [0.15, 0.2) is 72.8 Å². The highest BCUT2D eigenvalue weighted by molar-refractivity contribution is 6.04. The summed E-state index contributed by atoms with van der Waals surface area (Å²) < 4.78 is 0. The molecule has 9 N–H and O–H groups in total. The summed E-state index contributed by atoms with van der Waals surface area (Å²) in [5.41, 5.74) is 2.20. The average Bonchev–Trinajstić information content (AvgIpc) is 3.02. The summed E-state index contributed by atoms with van der Waals surface area (Å²) in [5.74, 6) is -3.24. The molecule has 12 nitrogen and oxygen atoms in total. The largest absolute Gasteiger partial charge is 0.504 e. The Balaban J connectivity index is 1.45. The van der Waals surface area contributed by atoms with E-state index >= 15 is 0 Å². The molecule has 0 bridgehead atoms. The number of hydrogen-bond donors (Lipinski definition) is 9. The average molecular weight is 616 g/mol. The molecule has 0 aliphatic carbocycles. The number of hydrogen-bond acceptors (Lipinski definition) is 9. The summed E-state index contributed by atoms with van der Waals surface area (Å²) in [6.45, 7) is 0.500. The first-order valence-electron chi connectivity index (χ1n) is 14.0. The van der Waals surface area contributed by atoms with Gasteiger partial charge in [-0.15, -0.1) is 0 Å². The fraction of sp³-hybridized carbons (Fsp3) is 0.182. The van der Waals surface area contributed by atoms with E-state index in [1.807, 2.05) is 0 Å². The molecule has 0 aromatic heterocycles. The third kappa shape index (κ3) is 8.80. The number of aromatic hydroxyl groups is 6. The van der Waals surface area contributed by atoms with Crippen molar-refractivity contribution in [2.45, 2.75) is 19.3 Å². The first kappa shape index (κ1) is 32.0. The molecule has 234 valence electrons. The maximum absolute atomic E-state index is 13.1. The zero-order chi connectivity index (χ0) is 32.5. The van der Waals surface area contributed by atoms with Crippen molar-refractivity contribution in [1.82, 2.24) is 16.0 Å². The zero-order valence-electron chi connectivity index (χ0n) is 24.1. The second-order valence-corrected chi connectivity index (χ2v) is 10.3. The normalized spacial score (nSPS) is 10.7. The molecule has 4 aromatic rings. The van der Waals surface area contributed by atoms with Gasteiger partial charge in [0.1, 0.15) is 0 Å². The lowest BCUT2D eigenvalue weighted by molar-refractivity contribution is 0.0953. The van der Waals surface area contributed by atoms with E-state index < -0.39 is 17.7 Å². The van der Waals surface area contributed by atoms with Gasteiger partial charge in [0, 0.05) is 36.3 Å². The summed E-state index contributed by atoms with van der Waals surface area (Å²) >= 11 is 0. The number of benzene rings is 4.